The van der Waals surface area contributed by atoms with Crippen LogP contribution in [0.15, 0.2) is 36.5 Å². The Kier molecular flexibility index (Phi) is 3.69. The van der Waals surface area contributed by atoms with Gasteiger partial charge in [0.1, 0.15) is 5.82 Å². The number of aryl methyl sites for hydroxylation is 1. The summed E-state index contributed by atoms with van der Waals surface area (Å²) in [5.74, 6) is -1.26. The molecule has 0 spiro atoms. The van der Waals surface area contributed by atoms with E-state index >= 15 is 0 Å². The van der Waals surface area contributed by atoms with Gasteiger partial charge in [0.05, 0.1) is 4.92 Å². The minimum absolute atomic E-state index is 0.0126. The SMILES string of the molecule is Cc1ccnc(NC(=O)c2ccc(F)c([N+](=O)[O-])c2)c1. The van der Waals surface area contributed by atoms with Crippen molar-refractivity contribution in [1.82, 2.24) is 4.98 Å². The van der Waals surface area contributed by atoms with Gasteiger partial charge in [0.25, 0.3) is 5.91 Å². The molecule has 0 saturated heterocycles. The number of carbonyl (C=O) groups is 1. The van der Waals surface area contributed by atoms with Crippen LogP contribution in [0.5, 0.6) is 0 Å². The molecule has 6 nitrogen and oxygen atoms in total. The van der Waals surface area contributed by atoms with Crippen molar-refractivity contribution in [3.63, 3.8) is 0 Å². The first kappa shape index (κ1) is 13.6. The molecule has 1 aromatic carbocycles. The molecule has 1 aromatic heterocycles. The molecular weight excluding hydrogens is 265 g/mol. The molecule has 0 aliphatic heterocycles. The Hall–Kier alpha value is -2.83. The number of carbonyl (C=O) groups excluding carboxylic acids is 1. The number of anilines is 1. The summed E-state index contributed by atoms with van der Waals surface area (Å²) in [4.78, 5) is 25.6. The zero-order valence-corrected chi connectivity index (χ0v) is 10.5. The minimum atomic E-state index is -0.986. The zero-order valence-electron chi connectivity index (χ0n) is 10.5. The Labute approximate surface area is 113 Å². The summed E-state index contributed by atoms with van der Waals surface area (Å²) in [6.45, 7) is 1.83. The zero-order chi connectivity index (χ0) is 14.7. The van der Waals surface area contributed by atoms with Gasteiger partial charge in [-0.1, -0.05) is 0 Å². The van der Waals surface area contributed by atoms with Crippen molar-refractivity contribution in [2.24, 2.45) is 0 Å². The van der Waals surface area contributed by atoms with E-state index in [1.807, 2.05) is 6.92 Å². The van der Waals surface area contributed by atoms with Crippen molar-refractivity contribution in [1.29, 1.82) is 0 Å². The molecule has 0 aliphatic rings. The smallest absolute Gasteiger partial charge is 0.305 e. The molecule has 2 aromatic rings. The van der Waals surface area contributed by atoms with E-state index < -0.39 is 22.3 Å². The lowest BCUT2D eigenvalue weighted by atomic mass is 10.2. The number of pyridine rings is 1. The van der Waals surface area contributed by atoms with E-state index in [0.717, 1.165) is 17.7 Å². The first-order valence-electron chi connectivity index (χ1n) is 5.65. The van der Waals surface area contributed by atoms with E-state index in [1.54, 1.807) is 12.1 Å². The molecule has 7 heteroatoms. The molecule has 0 atom stereocenters. The molecule has 2 rings (SSSR count). The number of benzene rings is 1. The Balaban J connectivity index is 2.26. The molecule has 20 heavy (non-hydrogen) atoms. The van der Waals surface area contributed by atoms with Gasteiger partial charge in [0.2, 0.25) is 5.82 Å². The molecule has 0 unspecified atom stereocenters. The van der Waals surface area contributed by atoms with Gasteiger partial charge in [0, 0.05) is 17.8 Å². The summed E-state index contributed by atoms with van der Waals surface area (Å²) >= 11 is 0. The highest BCUT2D eigenvalue weighted by atomic mass is 19.1. The van der Waals surface area contributed by atoms with Crippen LogP contribution >= 0.6 is 0 Å². The molecule has 0 fully saturated rings. The van der Waals surface area contributed by atoms with E-state index in [9.17, 15) is 19.3 Å². The van der Waals surface area contributed by atoms with Crippen molar-refractivity contribution in [2.75, 3.05) is 5.32 Å². The number of nitrogens with zero attached hydrogens (tertiary/aromatic N) is 2. The van der Waals surface area contributed by atoms with E-state index in [2.05, 4.69) is 10.3 Å². The average molecular weight is 275 g/mol. The van der Waals surface area contributed by atoms with Crippen LogP contribution in [0.1, 0.15) is 15.9 Å². The number of nitro groups is 1. The van der Waals surface area contributed by atoms with Gasteiger partial charge in [-0.05, 0) is 36.8 Å². The van der Waals surface area contributed by atoms with E-state index in [4.69, 9.17) is 0 Å². The van der Waals surface area contributed by atoms with Crippen LogP contribution in [0.3, 0.4) is 0 Å². The monoisotopic (exact) mass is 275 g/mol. The number of nitrogens with one attached hydrogen (secondary N) is 1. The van der Waals surface area contributed by atoms with Gasteiger partial charge in [0.15, 0.2) is 0 Å². The van der Waals surface area contributed by atoms with Gasteiger partial charge in [-0.3, -0.25) is 14.9 Å². The number of amides is 1. The fraction of sp³-hybridized carbons (Fsp3) is 0.0769. The molecule has 1 N–H and O–H groups in total. The third-order valence-electron chi connectivity index (χ3n) is 2.56. The average Bonchev–Trinajstić information content (AvgIpc) is 2.38. The van der Waals surface area contributed by atoms with Crippen LogP contribution in [0.4, 0.5) is 15.9 Å². The summed E-state index contributed by atoms with van der Waals surface area (Å²) in [6, 6.07) is 6.36. The highest BCUT2D eigenvalue weighted by Crippen LogP contribution is 2.19. The number of nitro benzene ring substituents is 1. The van der Waals surface area contributed by atoms with Gasteiger partial charge < -0.3 is 5.32 Å². The van der Waals surface area contributed by atoms with Gasteiger partial charge in [-0.2, -0.15) is 4.39 Å². The molecule has 1 amide bonds. The fourth-order valence-electron chi connectivity index (χ4n) is 1.59. The van der Waals surface area contributed by atoms with Crippen molar-refractivity contribution < 1.29 is 14.1 Å². The van der Waals surface area contributed by atoms with E-state index in [1.165, 1.54) is 12.3 Å². The largest absolute Gasteiger partial charge is 0.307 e. The van der Waals surface area contributed by atoms with Crippen LogP contribution in [0, 0.1) is 22.9 Å². The van der Waals surface area contributed by atoms with Crippen molar-refractivity contribution in [3.8, 4) is 0 Å². The summed E-state index contributed by atoms with van der Waals surface area (Å²) in [5.41, 5.74) is 0.150. The molecule has 0 saturated carbocycles. The predicted molar refractivity (Wildman–Crippen MR) is 70.0 cm³/mol. The number of hydrogen-bond donors (Lipinski definition) is 1. The van der Waals surface area contributed by atoms with Crippen molar-refractivity contribution in [3.05, 3.63) is 63.6 Å². The van der Waals surface area contributed by atoms with Crippen LogP contribution in [-0.2, 0) is 0 Å². The Bertz CT molecular complexity index is 688. The quantitative estimate of drug-likeness (QED) is 0.689. The molecular formula is C13H10FN3O3. The summed E-state index contributed by atoms with van der Waals surface area (Å²) < 4.78 is 13.2. The van der Waals surface area contributed by atoms with E-state index in [0.29, 0.717) is 5.82 Å². The predicted octanol–water partition coefficient (Wildman–Crippen LogP) is 2.69. The van der Waals surface area contributed by atoms with Gasteiger partial charge in [-0.25, -0.2) is 4.98 Å². The highest BCUT2D eigenvalue weighted by molar-refractivity contribution is 6.04. The van der Waals surface area contributed by atoms with Crippen molar-refractivity contribution >= 4 is 17.4 Å². The number of halogens is 1. The maximum atomic E-state index is 13.2. The third kappa shape index (κ3) is 2.94. The fourth-order valence-corrected chi connectivity index (χ4v) is 1.59. The lowest BCUT2D eigenvalue weighted by molar-refractivity contribution is -0.387. The molecule has 102 valence electrons. The molecule has 0 bridgehead atoms. The van der Waals surface area contributed by atoms with Crippen LogP contribution in [0.2, 0.25) is 0 Å². The minimum Gasteiger partial charge on any atom is -0.307 e. The third-order valence-corrected chi connectivity index (χ3v) is 2.56. The second-order valence-electron chi connectivity index (χ2n) is 4.10. The number of hydrogen-bond acceptors (Lipinski definition) is 4. The van der Waals surface area contributed by atoms with Crippen LogP contribution in [0.25, 0.3) is 0 Å². The van der Waals surface area contributed by atoms with Gasteiger partial charge >= 0.3 is 5.69 Å². The topological polar surface area (TPSA) is 85.1 Å². The lowest BCUT2D eigenvalue weighted by Gasteiger charge is -2.05. The Morgan fingerprint density at radius 2 is 2.10 bits per heavy atom. The van der Waals surface area contributed by atoms with Crippen LogP contribution < -0.4 is 5.32 Å². The first-order valence-corrected chi connectivity index (χ1v) is 5.65. The second kappa shape index (κ2) is 5.43. The lowest BCUT2D eigenvalue weighted by Crippen LogP contribution is -2.13. The maximum absolute atomic E-state index is 13.2. The first-order chi connectivity index (χ1) is 9.47. The molecule has 0 radical (unpaired) electrons. The summed E-state index contributed by atoms with van der Waals surface area (Å²) in [7, 11) is 0. The maximum Gasteiger partial charge on any atom is 0.305 e. The summed E-state index contributed by atoms with van der Waals surface area (Å²) in [6.07, 6.45) is 1.53. The molecule has 1 heterocycles. The standard InChI is InChI=1S/C13H10FN3O3/c1-8-4-5-15-12(6-8)16-13(18)9-2-3-10(14)11(7-9)17(19)20/h2-7H,1H3,(H,15,16,18). The number of rotatable bonds is 3. The Morgan fingerprint density at radius 3 is 2.75 bits per heavy atom. The van der Waals surface area contributed by atoms with E-state index in [-0.39, 0.29) is 5.56 Å². The van der Waals surface area contributed by atoms with Gasteiger partial charge in [-0.15, -0.1) is 0 Å². The van der Waals surface area contributed by atoms with Crippen molar-refractivity contribution in [2.45, 2.75) is 6.92 Å². The highest BCUT2D eigenvalue weighted by Gasteiger charge is 2.17. The molecule has 0 aliphatic carbocycles. The normalized spacial score (nSPS) is 10.1. The number of aromatic nitrogens is 1. The van der Waals surface area contributed by atoms with Crippen LogP contribution in [-0.4, -0.2) is 15.8 Å². The Morgan fingerprint density at radius 1 is 1.35 bits per heavy atom. The second-order valence-corrected chi connectivity index (χ2v) is 4.10. The summed E-state index contributed by atoms with van der Waals surface area (Å²) in [5, 5.41) is 13.1.